The fourth-order valence-electron chi connectivity index (χ4n) is 2.15. The van der Waals surface area contributed by atoms with Crippen molar-refractivity contribution in [1.29, 1.82) is 0 Å². The quantitative estimate of drug-likeness (QED) is 0.239. The summed E-state index contributed by atoms with van der Waals surface area (Å²) in [5.74, 6) is 0. The van der Waals surface area contributed by atoms with E-state index in [-0.39, 0.29) is 0 Å². The molecule has 0 aromatic carbocycles. The van der Waals surface area contributed by atoms with Gasteiger partial charge in [0.2, 0.25) is 6.33 Å². The zero-order chi connectivity index (χ0) is 26.0. The average Bonchev–Trinajstić information content (AvgIpc) is 3.13. The predicted octanol–water partition coefficient (Wildman–Crippen LogP) is 2.80. The minimum absolute atomic E-state index is 0.642. The molecule has 0 radical (unpaired) electrons. The molecular weight excluding hydrogens is 528 g/mol. The van der Waals surface area contributed by atoms with Crippen LogP contribution in [0, 0.1) is 0 Å². The number of rotatable bonds is 12. The van der Waals surface area contributed by atoms with Gasteiger partial charge in [0.15, 0.2) is 20.0 Å². The molecule has 1 heterocycles. The average molecular weight is 554 g/mol. The Bertz CT molecular complexity index is 834. The Morgan fingerprint density at radius 2 is 1.30 bits per heavy atom. The van der Waals surface area contributed by atoms with E-state index in [0.29, 0.717) is 19.8 Å². The van der Waals surface area contributed by atoms with Crippen molar-refractivity contribution in [2.75, 3.05) is 19.8 Å². The molecule has 1 aromatic heterocycles. The molecule has 0 saturated carbocycles. The lowest BCUT2D eigenvalue weighted by atomic mass is 10.5. The van der Waals surface area contributed by atoms with Crippen LogP contribution in [0.25, 0.3) is 4.13 Å². The van der Waals surface area contributed by atoms with Gasteiger partial charge in [-0.25, -0.2) is 21.4 Å². The molecule has 0 fully saturated rings. The summed E-state index contributed by atoms with van der Waals surface area (Å²) in [5, 5.41) is 0. The van der Waals surface area contributed by atoms with Gasteiger partial charge in [-0.05, 0) is 27.2 Å². The number of halogens is 6. The zero-order valence-electron chi connectivity index (χ0n) is 17.8. The Balaban J connectivity index is 0.000000633. The van der Waals surface area contributed by atoms with Crippen molar-refractivity contribution in [3.8, 4) is 0 Å². The molecule has 19 heteroatoms. The van der Waals surface area contributed by atoms with E-state index >= 15 is 0 Å². The molecule has 0 amide bonds. The van der Waals surface area contributed by atoms with E-state index in [0.717, 1.165) is 23.1 Å². The molecule has 0 aliphatic rings. The van der Waals surface area contributed by atoms with Gasteiger partial charge in [-0.3, -0.25) is 4.98 Å². The van der Waals surface area contributed by atoms with Crippen LogP contribution < -0.4 is 4.57 Å². The highest BCUT2D eigenvalue weighted by Gasteiger charge is 2.47. The van der Waals surface area contributed by atoms with Crippen LogP contribution in [-0.4, -0.2) is 61.5 Å². The van der Waals surface area contributed by atoms with E-state index in [1.54, 1.807) is 0 Å². The fraction of sp³-hybridized carbons (Fsp3) is 0.786. The maximum atomic E-state index is 11.4. The number of nitrogens with zero attached hydrogens (tertiary/aromatic N) is 2. The summed E-state index contributed by atoms with van der Waals surface area (Å²) in [5.41, 5.74) is -12.4. The summed E-state index contributed by atoms with van der Waals surface area (Å²) in [4.78, 5) is 3.03. The van der Waals surface area contributed by atoms with Gasteiger partial charge >= 0.3 is 19.8 Å². The van der Waals surface area contributed by atoms with Crippen molar-refractivity contribution in [2.45, 2.75) is 50.8 Å². The van der Waals surface area contributed by atoms with Gasteiger partial charge in [-0.15, -0.1) is 0 Å². The lowest BCUT2D eigenvalue weighted by Gasteiger charge is -2.28. The highest BCUT2D eigenvalue weighted by Crippen LogP contribution is 2.36. The molecule has 0 atom stereocenters. The second-order valence-corrected chi connectivity index (χ2v) is 12.0. The van der Waals surface area contributed by atoms with E-state index in [2.05, 4.69) is 9.55 Å². The summed E-state index contributed by atoms with van der Waals surface area (Å²) >= 11 is 0. The van der Waals surface area contributed by atoms with E-state index in [9.17, 15) is 43.2 Å². The molecule has 0 unspecified atom stereocenters. The Morgan fingerprint density at radius 3 is 1.61 bits per heavy atom. The third-order valence-electron chi connectivity index (χ3n) is 3.38. The predicted molar refractivity (Wildman–Crippen MR) is 104 cm³/mol. The first-order chi connectivity index (χ1) is 15.0. The van der Waals surface area contributed by atoms with Gasteiger partial charge in [0.05, 0.1) is 6.54 Å². The summed E-state index contributed by atoms with van der Waals surface area (Å²) in [6.07, 6.45) is 6.88. The van der Waals surface area contributed by atoms with Crippen LogP contribution in [0.1, 0.15) is 27.2 Å². The highest BCUT2D eigenvalue weighted by atomic mass is 32.3. The first-order valence-corrected chi connectivity index (χ1v) is 14.1. The van der Waals surface area contributed by atoms with Crippen molar-refractivity contribution in [3.63, 3.8) is 0 Å². The van der Waals surface area contributed by atoms with Gasteiger partial charge in [0.1, 0.15) is 12.4 Å². The number of imidazole rings is 1. The van der Waals surface area contributed by atoms with Crippen LogP contribution in [0.3, 0.4) is 0 Å². The normalized spacial score (nSPS) is 13.5. The molecule has 0 saturated heterocycles. The topological polar surface area (TPSA) is 130 Å². The minimum atomic E-state index is -6.72. The smallest absolute Gasteiger partial charge is 0.421 e. The van der Waals surface area contributed by atoms with Crippen molar-refractivity contribution in [1.82, 2.24) is 4.98 Å². The van der Waals surface area contributed by atoms with Crippen LogP contribution in [0.4, 0.5) is 26.3 Å². The number of sulfonamides is 2. The fourth-order valence-corrected chi connectivity index (χ4v) is 6.46. The first kappa shape index (κ1) is 31.7. The number of aromatic nitrogens is 2. The van der Waals surface area contributed by atoms with Gasteiger partial charge in [-0.2, -0.15) is 26.3 Å². The molecule has 1 aromatic rings. The van der Waals surface area contributed by atoms with Gasteiger partial charge in [0.25, 0.3) is 0 Å². The van der Waals surface area contributed by atoms with E-state index in [4.69, 9.17) is 13.3 Å². The molecular formula is C14H25F6N3O7S2Si. The lowest BCUT2D eigenvalue weighted by molar-refractivity contribution is -0.695. The summed E-state index contributed by atoms with van der Waals surface area (Å²) in [7, 11) is -15.9. The van der Waals surface area contributed by atoms with Crippen molar-refractivity contribution in [2.24, 2.45) is 0 Å². The van der Waals surface area contributed by atoms with Crippen LogP contribution in [0.2, 0.25) is 6.04 Å². The molecule has 33 heavy (non-hydrogen) atoms. The first-order valence-electron chi connectivity index (χ1n) is 9.27. The van der Waals surface area contributed by atoms with Crippen molar-refractivity contribution in [3.05, 3.63) is 22.8 Å². The monoisotopic (exact) mass is 553 g/mol. The number of aryl methyl sites for hydroxylation is 1. The Kier molecular flexibility index (Phi) is 12.5. The van der Waals surface area contributed by atoms with E-state index in [1.165, 1.54) is 0 Å². The second kappa shape index (κ2) is 13.0. The lowest BCUT2D eigenvalue weighted by Crippen LogP contribution is -2.46. The Morgan fingerprint density at radius 1 is 0.879 bits per heavy atom. The molecule has 1 rings (SSSR count). The van der Waals surface area contributed by atoms with Crippen molar-refractivity contribution >= 4 is 28.9 Å². The van der Waals surface area contributed by atoms with Crippen LogP contribution in [0.5, 0.6) is 0 Å². The molecule has 0 bridgehead atoms. The number of hydrogen-bond acceptors (Lipinski definition) is 7. The number of nitrogens with one attached hydrogen (secondary N) is 1. The minimum Gasteiger partial charge on any atom is -0.421 e. The summed E-state index contributed by atoms with van der Waals surface area (Å²) in [6, 6.07) is 0.862. The third kappa shape index (κ3) is 10.7. The molecule has 0 aliphatic carbocycles. The molecule has 1 N–H and O–H groups in total. The van der Waals surface area contributed by atoms with Crippen LogP contribution in [0.15, 0.2) is 18.7 Å². The molecule has 196 valence electrons. The van der Waals surface area contributed by atoms with Gasteiger partial charge in [-0.1, -0.05) is 0 Å². The van der Waals surface area contributed by atoms with Crippen LogP contribution in [-0.2, 0) is 39.9 Å². The number of hydrogen-bond donors (Lipinski definition) is 1. The Labute approximate surface area is 188 Å². The third-order valence-corrected chi connectivity index (χ3v) is 9.27. The largest absolute Gasteiger partial charge is 0.501 e. The number of alkyl halides is 6. The maximum absolute atomic E-state index is 11.4. The standard InChI is InChI=1S/C12H24N2O3Si.C2F6NO4S2/c1-4-15-18(16-5-2,17-6-3)11-7-9-14-10-8-13-12-14;3-1(4,5)14(10,11)9-15(12,13)2(6,7)8/h8,10,12H,4-7,9,11H2,1-3H3;/q;-1/p+1. The van der Waals surface area contributed by atoms with E-state index in [1.807, 2.05) is 39.5 Å². The molecule has 0 aliphatic heterocycles. The summed E-state index contributed by atoms with van der Waals surface area (Å²) < 4.78 is 129. The van der Waals surface area contributed by atoms with Gasteiger partial charge in [0, 0.05) is 25.9 Å². The number of aromatic amines is 1. The Hall–Kier alpha value is -1.25. The molecule has 0 spiro atoms. The van der Waals surface area contributed by atoms with Gasteiger partial charge < -0.3 is 17.4 Å². The second-order valence-electron chi connectivity index (χ2n) is 5.85. The van der Waals surface area contributed by atoms with Crippen molar-refractivity contribution < 1.29 is 61.0 Å². The maximum Gasteiger partial charge on any atom is 0.501 e. The number of H-pyrrole nitrogens is 1. The molecule has 10 nitrogen and oxygen atoms in total. The highest BCUT2D eigenvalue weighted by molar-refractivity contribution is 8.13. The van der Waals surface area contributed by atoms with Crippen LogP contribution >= 0.6 is 0 Å². The zero-order valence-corrected chi connectivity index (χ0v) is 20.4. The van der Waals surface area contributed by atoms with E-state index < -0.39 is 39.9 Å². The SMILES string of the molecule is CCO[Si](CCC[n+]1cc[nH]c1)(OCC)OCC.O=S(=O)([N-]S(=O)(=O)C(F)(F)F)C(F)(F)F. The summed E-state index contributed by atoms with van der Waals surface area (Å²) in [6.45, 7) is 8.84.